The van der Waals surface area contributed by atoms with Crippen molar-refractivity contribution in [3.63, 3.8) is 0 Å². The average molecular weight is 149 g/mol. The molecule has 0 saturated heterocycles. The predicted molar refractivity (Wildman–Crippen MR) is 19.3 cm³/mol. The van der Waals surface area contributed by atoms with E-state index in [2.05, 4.69) is 0 Å². The molecule has 0 amide bonds. The Labute approximate surface area is 75.8 Å². The van der Waals surface area contributed by atoms with E-state index in [0.29, 0.717) is 0 Å². The van der Waals surface area contributed by atoms with Gasteiger partial charge in [0.15, 0.2) is 0 Å². The molecule has 2 N–H and O–H groups in total. The number of carboxylic acids is 1. The number of hydrogen-bond acceptors (Lipinski definition) is 2. The Morgan fingerprint density at radius 2 is 1.75 bits per heavy atom. The number of halogens is 1. The maximum absolute atomic E-state index is 9.45. The summed E-state index contributed by atoms with van der Waals surface area (Å²) in [5, 5.41) is 15.8. The van der Waals surface area contributed by atoms with Crippen molar-refractivity contribution in [2.24, 2.45) is 0 Å². The van der Waals surface area contributed by atoms with Crippen molar-refractivity contribution in [3.05, 3.63) is 0 Å². The molecule has 5 heteroatoms. The Hall–Kier alpha value is 0.720. The van der Waals surface area contributed by atoms with Crippen molar-refractivity contribution in [1.29, 1.82) is 0 Å². The van der Waals surface area contributed by atoms with Gasteiger partial charge in [-0.05, 0) is 6.92 Å². The summed E-state index contributed by atoms with van der Waals surface area (Å²) >= 11 is 0. The summed E-state index contributed by atoms with van der Waals surface area (Å²) in [7, 11) is 0. The Bertz CT molecular complexity index is 65.5. The maximum atomic E-state index is 9.45. The molecule has 0 spiro atoms. The molecule has 8 heavy (non-hydrogen) atoms. The minimum atomic E-state index is -1.23. The summed E-state index contributed by atoms with van der Waals surface area (Å²) in [5.41, 5.74) is 0. The third-order valence-electron chi connectivity index (χ3n) is 0.357. The van der Waals surface area contributed by atoms with Crippen molar-refractivity contribution in [2.75, 3.05) is 0 Å². The van der Waals surface area contributed by atoms with Crippen molar-refractivity contribution >= 4 is 5.97 Å². The van der Waals surface area contributed by atoms with Gasteiger partial charge in [-0.2, -0.15) is 0 Å². The number of aliphatic carboxylic acids is 1. The minimum absolute atomic E-state index is 0. The van der Waals surface area contributed by atoms with E-state index >= 15 is 0 Å². The molecule has 0 bridgehead atoms. The number of rotatable bonds is 1. The van der Waals surface area contributed by atoms with Crippen LogP contribution in [0.15, 0.2) is 0 Å². The summed E-state index contributed by atoms with van der Waals surface area (Å²) < 4.78 is 0. The first-order valence-electron chi connectivity index (χ1n) is 1.55. The van der Waals surface area contributed by atoms with Crippen LogP contribution >= 0.6 is 0 Å². The maximum Gasteiger partial charge on any atom is 1.00 e. The van der Waals surface area contributed by atoms with Crippen LogP contribution in [0.1, 0.15) is 6.92 Å². The molecule has 0 rings (SSSR count). The summed E-state index contributed by atoms with van der Waals surface area (Å²) in [5.74, 6) is -1.19. The molecule has 0 aliphatic heterocycles. The van der Waals surface area contributed by atoms with Crippen LogP contribution in [0, 0.1) is 0 Å². The number of carbonyl (C=O) groups is 1. The Morgan fingerprint density at radius 1 is 1.62 bits per heavy atom. The average Bonchev–Trinajstić information content (AvgIpc) is 1.36. The van der Waals surface area contributed by atoms with E-state index < -0.39 is 12.1 Å². The minimum Gasteiger partial charge on any atom is -1.00 e. The van der Waals surface area contributed by atoms with Gasteiger partial charge in [0.05, 0.1) is 0 Å². The van der Waals surface area contributed by atoms with Crippen LogP contribution < -0.4 is 42.0 Å². The van der Waals surface area contributed by atoms with Crippen molar-refractivity contribution in [2.45, 2.75) is 13.0 Å². The first-order chi connectivity index (χ1) is 2.64. The van der Waals surface area contributed by atoms with Gasteiger partial charge in [0.25, 0.3) is 0 Å². The molecule has 0 radical (unpaired) electrons. The molecule has 3 nitrogen and oxygen atoms in total. The molecule has 0 aliphatic rings. The molecule has 0 fully saturated rings. The fourth-order valence-electron chi connectivity index (χ4n) is 0. The van der Waals surface area contributed by atoms with Gasteiger partial charge in [-0.15, -0.1) is 0 Å². The Balaban J connectivity index is -0.000000125. The first-order valence-corrected chi connectivity index (χ1v) is 1.55. The second-order valence-corrected chi connectivity index (χ2v) is 1.01. The second kappa shape index (κ2) is 7.72. The molecule has 0 aromatic carbocycles. The second-order valence-electron chi connectivity index (χ2n) is 1.01. The standard InChI is InChI=1S/C3H6O3.ClH.Na/c1-2(4)3(5)6;;/h2,4H,1H3,(H,5,6);1H;/q;;+1/p-1. The smallest absolute Gasteiger partial charge is 1.00 e. The number of carboxylic acid groups (broad SMARTS) is 1. The van der Waals surface area contributed by atoms with E-state index in [1.54, 1.807) is 0 Å². The van der Waals surface area contributed by atoms with Crippen LogP contribution in [-0.2, 0) is 4.79 Å². The van der Waals surface area contributed by atoms with Crippen LogP contribution in [0.2, 0.25) is 0 Å². The molecule has 0 aromatic rings. The Morgan fingerprint density at radius 3 is 1.75 bits per heavy atom. The third kappa shape index (κ3) is 9.87. The van der Waals surface area contributed by atoms with Crippen LogP contribution in [0.3, 0.4) is 0 Å². The van der Waals surface area contributed by atoms with Gasteiger partial charge >= 0.3 is 35.5 Å². The van der Waals surface area contributed by atoms with Gasteiger partial charge < -0.3 is 22.6 Å². The van der Waals surface area contributed by atoms with Crippen LogP contribution in [0.5, 0.6) is 0 Å². The molecule has 1 unspecified atom stereocenters. The molecule has 0 heterocycles. The fourth-order valence-corrected chi connectivity index (χ4v) is 0. The van der Waals surface area contributed by atoms with Crippen molar-refractivity contribution in [1.82, 2.24) is 0 Å². The zero-order chi connectivity index (χ0) is 5.15. The van der Waals surface area contributed by atoms with Gasteiger partial charge in [0.2, 0.25) is 0 Å². The molecule has 1 atom stereocenters. The monoisotopic (exact) mass is 148 g/mol. The van der Waals surface area contributed by atoms with E-state index in [-0.39, 0.29) is 42.0 Å². The SMILES string of the molecule is CC(O)C(=O)O.[Cl-].[Na+]. The van der Waals surface area contributed by atoms with Crippen molar-refractivity contribution < 1.29 is 57.0 Å². The number of aliphatic hydroxyl groups excluding tert-OH is 1. The van der Waals surface area contributed by atoms with E-state index in [9.17, 15) is 4.79 Å². The largest absolute Gasteiger partial charge is 1.00 e. The van der Waals surface area contributed by atoms with Crippen LogP contribution in [-0.4, -0.2) is 22.3 Å². The molecule has 44 valence electrons. The summed E-state index contributed by atoms with van der Waals surface area (Å²) in [4.78, 5) is 9.45. The Kier molecular flexibility index (Phi) is 15.3. The van der Waals surface area contributed by atoms with Gasteiger partial charge in [-0.25, -0.2) is 4.79 Å². The summed E-state index contributed by atoms with van der Waals surface area (Å²) in [6, 6.07) is 0. The normalized spacial score (nSPS) is 10.2. The topological polar surface area (TPSA) is 57.5 Å². The molecular weight excluding hydrogens is 142 g/mol. The molecular formula is C3H6ClNaO3. The van der Waals surface area contributed by atoms with Gasteiger partial charge in [0, 0.05) is 0 Å². The predicted octanol–water partition coefficient (Wildman–Crippen LogP) is -6.54. The molecule has 0 aliphatic carbocycles. The zero-order valence-corrected chi connectivity index (χ0v) is 7.51. The third-order valence-corrected chi connectivity index (χ3v) is 0.357. The van der Waals surface area contributed by atoms with E-state index in [1.807, 2.05) is 0 Å². The zero-order valence-electron chi connectivity index (χ0n) is 4.76. The summed E-state index contributed by atoms with van der Waals surface area (Å²) in [6.45, 7) is 1.20. The number of hydrogen-bond donors (Lipinski definition) is 2. The molecule has 0 aromatic heterocycles. The summed E-state index contributed by atoms with van der Waals surface area (Å²) in [6.07, 6.45) is -1.23. The van der Waals surface area contributed by atoms with Gasteiger partial charge in [-0.3, -0.25) is 0 Å². The molecule has 0 saturated carbocycles. The van der Waals surface area contributed by atoms with Crippen LogP contribution in [0.25, 0.3) is 0 Å². The van der Waals surface area contributed by atoms with Crippen molar-refractivity contribution in [3.8, 4) is 0 Å². The van der Waals surface area contributed by atoms with E-state index in [0.717, 1.165) is 0 Å². The van der Waals surface area contributed by atoms with Gasteiger partial charge in [-0.1, -0.05) is 0 Å². The fraction of sp³-hybridized carbons (Fsp3) is 0.667. The van der Waals surface area contributed by atoms with Crippen LogP contribution in [0.4, 0.5) is 0 Å². The first kappa shape index (κ1) is 15.9. The van der Waals surface area contributed by atoms with Gasteiger partial charge in [0.1, 0.15) is 6.10 Å². The number of aliphatic hydroxyl groups is 1. The quantitative estimate of drug-likeness (QED) is 0.364. The van der Waals surface area contributed by atoms with E-state index in [4.69, 9.17) is 10.2 Å². The van der Waals surface area contributed by atoms with E-state index in [1.165, 1.54) is 6.92 Å².